The summed E-state index contributed by atoms with van der Waals surface area (Å²) in [5.41, 5.74) is 4.21. The zero-order chi connectivity index (χ0) is 27.7. The van der Waals surface area contributed by atoms with Crippen LogP contribution in [0.5, 0.6) is 0 Å². The first-order valence-corrected chi connectivity index (χ1v) is 14.8. The molecule has 0 N–H and O–H groups in total. The van der Waals surface area contributed by atoms with E-state index < -0.39 is 11.6 Å². The van der Waals surface area contributed by atoms with Crippen molar-refractivity contribution in [3.8, 4) is 23.7 Å². The van der Waals surface area contributed by atoms with Gasteiger partial charge in [-0.25, -0.2) is 8.78 Å². The number of hydrogen-bond donors (Lipinski definition) is 0. The zero-order valence-electron chi connectivity index (χ0n) is 23.7. The Kier molecular flexibility index (Phi) is 13.4. The smallest absolute Gasteiger partial charge is 0.143 e. The highest BCUT2D eigenvalue weighted by Gasteiger charge is 2.08. The summed E-state index contributed by atoms with van der Waals surface area (Å²) in [4.78, 5) is 0. The van der Waals surface area contributed by atoms with Gasteiger partial charge in [-0.3, -0.25) is 0 Å². The minimum atomic E-state index is -0.691. The van der Waals surface area contributed by atoms with Gasteiger partial charge in [0.1, 0.15) is 11.6 Å². The summed E-state index contributed by atoms with van der Waals surface area (Å²) in [6.07, 6.45) is 16.2. The van der Waals surface area contributed by atoms with E-state index in [1.54, 1.807) is 0 Å². The van der Waals surface area contributed by atoms with Crippen molar-refractivity contribution >= 4 is 0 Å². The number of hydrogen-bond acceptors (Lipinski definition) is 0. The summed E-state index contributed by atoms with van der Waals surface area (Å²) in [6, 6.07) is 18.6. The molecule has 0 spiro atoms. The third kappa shape index (κ3) is 11.1. The van der Waals surface area contributed by atoms with Crippen LogP contribution >= 0.6 is 0 Å². The summed E-state index contributed by atoms with van der Waals surface area (Å²) >= 11 is 0. The molecule has 0 bridgehead atoms. The van der Waals surface area contributed by atoms with Crippen LogP contribution in [0.1, 0.15) is 118 Å². The fraction of sp³-hybridized carbons (Fsp3) is 0.405. The third-order valence-electron chi connectivity index (χ3n) is 7.02. The Morgan fingerprint density at radius 1 is 0.462 bits per heavy atom. The predicted octanol–water partition coefficient (Wildman–Crippen LogP) is 10.2. The van der Waals surface area contributed by atoms with Crippen molar-refractivity contribution in [1.29, 1.82) is 0 Å². The van der Waals surface area contributed by atoms with Crippen LogP contribution in [0.3, 0.4) is 0 Å². The van der Waals surface area contributed by atoms with Gasteiger partial charge in [-0.15, -0.1) is 0 Å². The maximum atomic E-state index is 14.7. The molecule has 0 radical (unpaired) electrons. The fourth-order valence-electron chi connectivity index (χ4n) is 4.60. The van der Waals surface area contributed by atoms with Crippen LogP contribution in [0, 0.1) is 35.3 Å². The molecule has 0 unspecified atom stereocenters. The van der Waals surface area contributed by atoms with Crippen LogP contribution in [-0.4, -0.2) is 0 Å². The van der Waals surface area contributed by atoms with Gasteiger partial charge in [0.05, 0.1) is 5.56 Å². The molecule has 0 aliphatic carbocycles. The first kappa shape index (κ1) is 30.2. The van der Waals surface area contributed by atoms with Crippen LogP contribution in [0.2, 0.25) is 0 Å². The van der Waals surface area contributed by atoms with Crippen molar-refractivity contribution in [2.24, 2.45) is 0 Å². The summed E-state index contributed by atoms with van der Waals surface area (Å²) in [5.74, 6) is 10.1. The molecule has 3 aromatic rings. The van der Waals surface area contributed by atoms with Crippen LogP contribution in [0.25, 0.3) is 0 Å². The Hall–Kier alpha value is -3.36. The van der Waals surface area contributed by atoms with E-state index in [1.165, 1.54) is 87.5 Å². The Morgan fingerprint density at radius 2 is 0.846 bits per heavy atom. The molecular weight excluding hydrogens is 482 g/mol. The minimum absolute atomic E-state index is 0.224. The fourth-order valence-corrected chi connectivity index (χ4v) is 4.60. The van der Waals surface area contributed by atoms with E-state index in [0.717, 1.165) is 30.4 Å². The SMILES string of the molecule is CCCCCCCCCCc1ccc(C#Cc2cc(F)c(C#Cc3ccc(CCCCC)cc3)c(F)c2)cc1. The number of aryl methyl sites for hydroxylation is 2. The van der Waals surface area contributed by atoms with Gasteiger partial charge in [-0.1, -0.05) is 120 Å². The van der Waals surface area contributed by atoms with Crippen molar-refractivity contribution in [2.45, 2.75) is 97.3 Å². The monoisotopic (exact) mass is 524 g/mol. The Morgan fingerprint density at radius 3 is 1.36 bits per heavy atom. The van der Waals surface area contributed by atoms with Gasteiger partial charge in [0, 0.05) is 16.7 Å². The molecule has 0 saturated carbocycles. The van der Waals surface area contributed by atoms with Gasteiger partial charge >= 0.3 is 0 Å². The molecule has 39 heavy (non-hydrogen) atoms. The third-order valence-corrected chi connectivity index (χ3v) is 7.02. The summed E-state index contributed by atoms with van der Waals surface area (Å²) in [6.45, 7) is 4.44. The van der Waals surface area contributed by atoms with E-state index in [9.17, 15) is 8.78 Å². The molecule has 3 rings (SSSR count). The van der Waals surface area contributed by atoms with Gasteiger partial charge < -0.3 is 0 Å². The molecule has 0 fully saturated rings. The highest BCUT2D eigenvalue weighted by atomic mass is 19.1. The summed E-state index contributed by atoms with van der Waals surface area (Å²) < 4.78 is 29.3. The minimum Gasteiger partial charge on any atom is -0.205 e. The van der Waals surface area contributed by atoms with Gasteiger partial charge in [-0.2, -0.15) is 0 Å². The first-order valence-electron chi connectivity index (χ1n) is 14.8. The van der Waals surface area contributed by atoms with E-state index in [2.05, 4.69) is 49.7 Å². The van der Waals surface area contributed by atoms with Crippen LogP contribution < -0.4 is 0 Å². The quantitative estimate of drug-likeness (QED) is 0.154. The Balaban J connectivity index is 1.52. The molecule has 0 nitrogen and oxygen atoms in total. The van der Waals surface area contributed by atoms with E-state index >= 15 is 0 Å². The number of halogens is 2. The second kappa shape index (κ2) is 17.3. The maximum absolute atomic E-state index is 14.7. The predicted molar refractivity (Wildman–Crippen MR) is 161 cm³/mol. The molecule has 0 saturated heterocycles. The number of rotatable bonds is 13. The zero-order valence-corrected chi connectivity index (χ0v) is 23.7. The lowest BCUT2D eigenvalue weighted by Crippen LogP contribution is -1.93. The lowest BCUT2D eigenvalue weighted by molar-refractivity contribution is 0.575. The molecule has 2 heteroatoms. The molecule has 3 aromatic carbocycles. The molecule has 0 aliphatic heterocycles. The largest absolute Gasteiger partial charge is 0.205 e. The van der Waals surface area contributed by atoms with E-state index in [0.29, 0.717) is 5.56 Å². The van der Waals surface area contributed by atoms with E-state index in [-0.39, 0.29) is 5.56 Å². The van der Waals surface area contributed by atoms with Crippen molar-refractivity contribution in [2.75, 3.05) is 0 Å². The second-order valence-electron chi connectivity index (χ2n) is 10.4. The van der Waals surface area contributed by atoms with Crippen LogP contribution in [0.15, 0.2) is 60.7 Å². The summed E-state index contributed by atoms with van der Waals surface area (Å²) in [5, 5.41) is 0. The highest BCUT2D eigenvalue weighted by molar-refractivity contribution is 5.49. The number of benzene rings is 3. The van der Waals surface area contributed by atoms with Crippen molar-refractivity contribution in [3.63, 3.8) is 0 Å². The van der Waals surface area contributed by atoms with Gasteiger partial charge in [-0.05, 0) is 73.2 Å². The molecule has 0 aromatic heterocycles. The topological polar surface area (TPSA) is 0 Å². The van der Waals surface area contributed by atoms with E-state index in [1.807, 2.05) is 36.4 Å². The standard InChI is InChI=1S/C37H42F2/c1-3-5-7-8-9-10-11-13-15-31-16-20-32(21-17-31)24-25-34-28-36(38)35(37(39)29-34)27-26-33-22-18-30(19-23-33)14-12-6-4-2/h16-23,28-29H,3-15H2,1-2H3. The average molecular weight is 525 g/mol. The summed E-state index contributed by atoms with van der Waals surface area (Å²) in [7, 11) is 0. The van der Waals surface area contributed by atoms with Crippen LogP contribution in [-0.2, 0) is 12.8 Å². The van der Waals surface area contributed by atoms with Gasteiger partial charge in [0.2, 0.25) is 0 Å². The first-order chi connectivity index (χ1) is 19.1. The lowest BCUT2D eigenvalue weighted by atomic mass is 10.0. The molecule has 0 amide bonds. The Labute approximate surface area is 235 Å². The van der Waals surface area contributed by atoms with Gasteiger partial charge in [0.25, 0.3) is 0 Å². The highest BCUT2D eigenvalue weighted by Crippen LogP contribution is 2.16. The van der Waals surface area contributed by atoms with Crippen LogP contribution in [0.4, 0.5) is 8.78 Å². The molecule has 0 aliphatic rings. The van der Waals surface area contributed by atoms with Crippen molar-refractivity contribution < 1.29 is 8.78 Å². The molecule has 0 heterocycles. The Bertz CT molecular complexity index is 1240. The molecule has 0 atom stereocenters. The van der Waals surface area contributed by atoms with Crippen molar-refractivity contribution in [3.05, 3.63) is 106 Å². The average Bonchev–Trinajstić information content (AvgIpc) is 2.94. The molecule has 204 valence electrons. The maximum Gasteiger partial charge on any atom is 0.143 e. The van der Waals surface area contributed by atoms with Gasteiger partial charge in [0.15, 0.2) is 0 Å². The normalized spacial score (nSPS) is 10.5. The van der Waals surface area contributed by atoms with Crippen molar-refractivity contribution in [1.82, 2.24) is 0 Å². The molecular formula is C37H42F2. The second-order valence-corrected chi connectivity index (χ2v) is 10.4. The lowest BCUT2D eigenvalue weighted by Gasteiger charge is -2.03. The van der Waals surface area contributed by atoms with E-state index in [4.69, 9.17) is 0 Å². The number of unbranched alkanes of at least 4 members (excludes halogenated alkanes) is 9.